The van der Waals surface area contributed by atoms with Gasteiger partial charge in [-0.15, -0.1) is 0 Å². The van der Waals surface area contributed by atoms with Crippen molar-refractivity contribution in [1.29, 1.82) is 0 Å². The number of nitrogens with zero attached hydrogens (tertiary/aromatic N) is 1. The SMILES string of the molecule is O=C(O)CN1CCCC(C(=O)Nc2ccccc2)C1. The Bertz CT molecular complexity index is 447. The fraction of sp³-hybridized carbons (Fsp3) is 0.429. The lowest BCUT2D eigenvalue weighted by molar-refractivity contribution is -0.139. The Balaban J connectivity index is 1.90. The third-order valence-electron chi connectivity index (χ3n) is 3.28. The van der Waals surface area contributed by atoms with Gasteiger partial charge < -0.3 is 10.4 Å². The molecule has 1 unspecified atom stereocenters. The summed E-state index contributed by atoms with van der Waals surface area (Å²) in [5.74, 6) is -1.00. The highest BCUT2D eigenvalue weighted by Gasteiger charge is 2.26. The van der Waals surface area contributed by atoms with Crippen molar-refractivity contribution < 1.29 is 14.7 Å². The monoisotopic (exact) mass is 262 g/mol. The number of hydrogen-bond acceptors (Lipinski definition) is 3. The van der Waals surface area contributed by atoms with Gasteiger partial charge in [-0.1, -0.05) is 18.2 Å². The van der Waals surface area contributed by atoms with E-state index in [1.807, 2.05) is 35.2 Å². The van der Waals surface area contributed by atoms with E-state index in [-0.39, 0.29) is 18.4 Å². The summed E-state index contributed by atoms with van der Waals surface area (Å²) >= 11 is 0. The standard InChI is InChI=1S/C14H18N2O3/c17-13(18)10-16-8-4-5-11(9-16)14(19)15-12-6-2-1-3-7-12/h1-3,6-7,11H,4-5,8-10H2,(H,15,19)(H,17,18). The van der Waals surface area contributed by atoms with E-state index in [2.05, 4.69) is 5.32 Å². The van der Waals surface area contributed by atoms with Gasteiger partial charge >= 0.3 is 5.97 Å². The van der Waals surface area contributed by atoms with E-state index in [0.29, 0.717) is 6.54 Å². The number of piperidine rings is 1. The van der Waals surface area contributed by atoms with E-state index >= 15 is 0 Å². The first-order chi connectivity index (χ1) is 9.15. The minimum Gasteiger partial charge on any atom is -0.480 e. The third kappa shape index (κ3) is 4.06. The maximum atomic E-state index is 12.1. The van der Waals surface area contributed by atoms with Crippen LogP contribution in [0.4, 0.5) is 5.69 Å². The molecule has 1 aliphatic heterocycles. The number of carbonyl (C=O) groups excluding carboxylic acids is 1. The summed E-state index contributed by atoms with van der Waals surface area (Å²) in [5, 5.41) is 11.7. The molecular formula is C14H18N2O3. The van der Waals surface area contributed by atoms with Crippen molar-refractivity contribution in [2.75, 3.05) is 25.0 Å². The second-order valence-electron chi connectivity index (χ2n) is 4.82. The van der Waals surface area contributed by atoms with Crippen LogP contribution in [-0.4, -0.2) is 41.5 Å². The first-order valence-electron chi connectivity index (χ1n) is 6.45. The van der Waals surface area contributed by atoms with Gasteiger partial charge in [-0.05, 0) is 31.5 Å². The number of carboxylic acid groups (broad SMARTS) is 1. The van der Waals surface area contributed by atoms with Crippen LogP contribution in [0, 0.1) is 5.92 Å². The van der Waals surface area contributed by atoms with Crippen LogP contribution >= 0.6 is 0 Å². The van der Waals surface area contributed by atoms with Crippen LogP contribution in [0.25, 0.3) is 0 Å². The van der Waals surface area contributed by atoms with Crippen LogP contribution in [0.3, 0.4) is 0 Å². The highest BCUT2D eigenvalue weighted by Crippen LogP contribution is 2.18. The number of rotatable bonds is 4. The van der Waals surface area contributed by atoms with Crippen molar-refractivity contribution >= 4 is 17.6 Å². The molecule has 0 bridgehead atoms. The first-order valence-corrected chi connectivity index (χ1v) is 6.45. The summed E-state index contributed by atoms with van der Waals surface area (Å²) < 4.78 is 0. The Labute approximate surface area is 112 Å². The number of carboxylic acids is 1. The van der Waals surface area contributed by atoms with Crippen molar-refractivity contribution in [3.05, 3.63) is 30.3 Å². The fourth-order valence-electron chi connectivity index (χ4n) is 2.37. The van der Waals surface area contributed by atoms with Gasteiger partial charge in [0.05, 0.1) is 12.5 Å². The normalized spacial score (nSPS) is 19.9. The average Bonchev–Trinajstić information content (AvgIpc) is 2.39. The number of para-hydroxylation sites is 1. The number of aliphatic carboxylic acids is 1. The predicted molar refractivity (Wildman–Crippen MR) is 71.9 cm³/mol. The molecule has 1 atom stereocenters. The molecule has 1 aromatic rings. The molecule has 0 spiro atoms. The van der Waals surface area contributed by atoms with Crippen molar-refractivity contribution in [3.8, 4) is 0 Å². The van der Waals surface area contributed by atoms with Gasteiger partial charge in [0.25, 0.3) is 0 Å². The fourth-order valence-corrected chi connectivity index (χ4v) is 2.37. The molecule has 0 aliphatic carbocycles. The van der Waals surface area contributed by atoms with Gasteiger partial charge in [0.1, 0.15) is 0 Å². The Morgan fingerprint density at radius 1 is 1.32 bits per heavy atom. The van der Waals surface area contributed by atoms with Gasteiger partial charge in [0, 0.05) is 12.2 Å². The van der Waals surface area contributed by atoms with Crippen molar-refractivity contribution in [3.63, 3.8) is 0 Å². The van der Waals surface area contributed by atoms with E-state index in [0.717, 1.165) is 25.1 Å². The quantitative estimate of drug-likeness (QED) is 0.861. The molecule has 5 nitrogen and oxygen atoms in total. The van der Waals surface area contributed by atoms with Gasteiger partial charge in [-0.3, -0.25) is 14.5 Å². The molecule has 2 rings (SSSR count). The predicted octanol–water partition coefficient (Wildman–Crippen LogP) is 1.42. The summed E-state index contributed by atoms with van der Waals surface area (Å²) in [7, 11) is 0. The molecule has 0 saturated carbocycles. The van der Waals surface area contributed by atoms with E-state index < -0.39 is 5.97 Å². The van der Waals surface area contributed by atoms with E-state index in [9.17, 15) is 9.59 Å². The van der Waals surface area contributed by atoms with Crippen LogP contribution in [-0.2, 0) is 9.59 Å². The van der Waals surface area contributed by atoms with Gasteiger partial charge in [0.15, 0.2) is 0 Å². The molecule has 1 fully saturated rings. The molecule has 0 aromatic heterocycles. The number of benzene rings is 1. The lowest BCUT2D eigenvalue weighted by Crippen LogP contribution is -2.42. The first kappa shape index (κ1) is 13.5. The second-order valence-corrected chi connectivity index (χ2v) is 4.82. The van der Waals surface area contributed by atoms with Crippen LogP contribution in [0.2, 0.25) is 0 Å². The lowest BCUT2D eigenvalue weighted by Gasteiger charge is -2.30. The van der Waals surface area contributed by atoms with Crippen LogP contribution < -0.4 is 5.32 Å². The summed E-state index contributed by atoms with van der Waals surface area (Å²) in [6.07, 6.45) is 1.68. The number of anilines is 1. The van der Waals surface area contributed by atoms with Crippen LogP contribution in [0.5, 0.6) is 0 Å². The number of hydrogen-bond donors (Lipinski definition) is 2. The molecular weight excluding hydrogens is 244 g/mol. The maximum absolute atomic E-state index is 12.1. The molecule has 19 heavy (non-hydrogen) atoms. The van der Waals surface area contributed by atoms with E-state index in [1.54, 1.807) is 0 Å². The zero-order chi connectivity index (χ0) is 13.7. The minimum atomic E-state index is -0.843. The highest BCUT2D eigenvalue weighted by atomic mass is 16.4. The van der Waals surface area contributed by atoms with Crippen LogP contribution in [0.15, 0.2) is 30.3 Å². The Kier molecular flexibility index (Phi) is 4.52. The summed E-state index contributed by atoms with van der Waals surface area (Å²) in [6.45, 7) is 1.28. The molecule has 0 radical (unpaired) electrons. The molecule has 2 N–H and O–H groups in total. The third-order valence-corrected chi connectivity index (χ3v) is 3.28. The second kappa shape index (κ2) is 6.33. The van der Waals surface area contributed by atoms with Crippen molar-refractivity contribution in [2.45, 2.75) is 12.8 Å². The smallest absolute Gasteiger partial charge is 0.317 e. The summed E-state index contributed by atoms with van der Waals surface area (Å²) in [6, 6.07) is 9.32. The average molecular weight is 262 g/mol. The topological polar surface area (TPSA) is 69.6 Å². The van der Waals surface area contributed by atoms with Gasteiger partial charge in [0.2, 0.25) is 5.91 Å². The molecule has 1 heterocycles. The Hall–Kier alpha value is -1.88. The van der Waals surface area contributed by atoms with E-state index in [4.69, 9.17) is 5.11 Å². The highest BCUT2D eigenvalue weighted by molar-refractivity contribution is 5.92. The molecule has 1 aromatic carbocycles. The van der Waals surface area contributed by atoms with Gasteiger partial charge in [-0.2, -0.15) is 0 Å². The van der Waals surface area contributed by atoms with Crippen molar-refractivity contribution in [1.82, 2.24) is 4.90 Å². The Morgan fingerprint density at radius 3 is 2.74 bits per heavy atom. The number of likely N-dealkylation sites (tertiary alicyclic amines) is 1. The largest absolute Gasteiger partial charge is 0.480 e. The number of nitrogens with one attached hydrogen (secondary N) is 1. The molecule has 102 valence electrons. The zero-order valence-corrected chi connectivity index (χ0v) is 10.7. The zero-order valence-electron chi connectivity index (χ0n) is 10.7. The lowest BCUT2D eigenvalue weighted by atomic mass is 9.97. The number of amides is 1. The molecule has 1 amide bonds. The minimum absolute atomic E-state index is 0.00904. The summed E-state index contributed by atoms with van der Waals surface area (Å²) in [5.41, 5.74) is 0.780. The number of carbonyl (C=O) groups is 2. The Morgan fingerprint density at radius 2 is 2.05 bits per heavy atom. The molecule has 1 aliphatic rings. The van der Waals surface area contributed by atoms with Crippen molar-refractivity contribution in [2.24, 2.45) is 5.92 Å². The maximum Gasteiger partial charge on any atom is 0.317 e. The van der Waals surface area contributed by atoms with Crippen LogP contribution in [0.1, 0.15) is 12.8 Å². The van der Waals surface area contributed by atoms with E-state index in [1.165, 1.54) is 0 Å². The van der Waals surface area contributed by atoms with Gasteiger partial charge in [-0.25, -0.2) is 0 Å². The molecule has 1 saturated heterocycles. The summed E-state index contributed by atoms with van der Waals surface area (Å²) in [4.78, 5) is 24.6. The molecule has 5 heteroatoms.